The van der Waals surface area contributed by atoms with Crippen molar-refractivity contribution in [2.24, 2.45) is 0 Å². The standard InChI is InChI=1S/C16H12FN3O/c1-21-15-4-2-3-13(9-19)16(15)20-10-12-5-11(8-18)6-14(17)7-12/h2-7,20H,10H2,1H3. The lowest BCUT2D eigenvalue weighted by Gasteiger charge is -2.12. The molecule has 0 spiro atoms. The minimum absolute atomic E-state index is 0.257. The topological polar surface area (TPSA) is 68.8 Å². The van der Waals surface area contributed by atoms with Crippen molar-refractivity contribution >= 4 is 5.69 Å². The van der Waals surface area contributed by atoms with Gasteiger partial charge in [-0.1, -0.05) is 6.07 Å². The number of rotatable bonds is 4. The Hall–Kier alpha value is -3.05. The Balaban J connectivity index is 2.27. The van der Waals surface area contributed by atoms with Crippen LogP contribution in [-0.4, -0.2) is 7.11 Å². The van der Waals surface area contributed by atoms with Crippen molar-refractivity contribution < 1.29 is 9.13 Å². The molecule has 0 aromatic heterocycles. The summed E-state index contributed by atoms with van der Waals surface area (Å²) in [6, 6.07) is 13.2. The molecule has 21 heavy (non-hydrogen) atoms. The Morgan fingerprint density at radius 3 is 2.67 bits per heavy atom. The van der Waals surface area contributed by atoms with Crippen LogP contribution in [0.4, 0.5) is 10.1 Å². The molecule has 0 bridgehead atoms. The van der Waals surface area contributed by atoms with Gasteiger partial charge >= 0.3 is 0 Å². The second-order valence-corrected chi connectivity index (χ2v) is 4.31. The van der Waals surface area contributed by atoms with Crippen LogP contribution in [-0.2, 0) is 6.54 Å². The zero-order valence-corrected chi connectivity index (χ0v) is 11.4. The Morgan fingerprint density at radius 1 is 1.19 bits per heavy atom. The van der Waals surface area contributed by atoms with Gasteiger partial charge in [-0.3, -0.25) is 0 Å². The average molecular weight is 281 g/mol. The molecule has 1 N–H and O–H groups in total. The average Bonchev–Trinajstić information content (AvgIpc) is 2.51. The maximum absolute atomic E-state index is 13.4. The molecule has 0 aliphatic rings. The molecule has 2 aromatic carbocycles. The molecule has 0 atom stereocenters. The van der Waals surface area contributed by atoms with E-state index in [2.05, 4.69) is 11.4 Å². The van der Waals surface area contributed by atoms with Crippen LogP contribution >= 0.6 is 0 Å². The summed E-state index contributed by atoms with van der Waals surface area (Å²) in [4.78, 5) is 0. The van der Waals surface area contributed by atoms with E-state index in [9.17, 15) is 4.39 Å². The molecule has 0 saturated heterocycles. The number of benzene rings is 2. The fourth-order valence-electron chi connectivity index (χ4n) is 1.98. The molecule has 4 nitrogen and oxygen atoms in total. The summed E-state index contributed by atoms with van der Waals surface area (Å²) in [6.45, 7) is 0.279. The molecule has 2 aromatic rings. The predicted molar refractivity (Wildman–Crippen MR) is 76.2 cm³/mol. The van der Waals surface area contributed by atoms with E-state index in [4.69, 9.17) is 15.3 Å². The summed E-state index contributed by atoms with van der Waals surface area (Å²) in [5.74, 6) is 0.0670. The first kappa shape index (κ1) is 14.4. The van der Waals surface area contributed by atoms with Crippen LogP contribution in [0.25, 0.3) is 0 Å². The van der Waals surface area contributed by atoms with Gasteiger partial charge in [0.2, 0.25) is 0 Å². The van der Waals surface area contributed by atoms with Gasteiger partial charge in [-0.2, -0.15) is 10.5 Å². The van der Waals surface area contributed by atoms with Gasteiger partial charge in [0, 0.05) is 6.54 Å². The number of nitrogens with one attached hydrogen (secondary N) is 1. The van der Waals surface area contributed by atoms with Gasteiger partial charge in [0.15, 0.2) is 0 Å². The lowest BCUT2D eigenvalue weighted by atomic mass is 10.1. The third-order valence-corrected chi connectivity index (χ3v) is 2.92. The van der Waals surface area contributed by atoms with Gasteiger partial charge in [-0.15, -0.1) is 0 Å². The van der Waals surface area contributed by atoms with Gasteiger partial charge in [-0.25, -0.2) is 4.39 Å². The lowest BCUT2D eigenvalue weighted by Crippen LogP contribution is -2.04. The summed E-state index contributed by atoms with van der Waals surface area (Å²) < 4.78 is 18.6. The SMILES string of the molecule is COc1cccc(C#N)c1NCc1cc(F)cc(C#N)c1. The van der Waals surface area contributed by atoms with Crippen molar-refractivity contribution in [3.63, 3.8) is 0 Å². The first-order chi connectivity index (χ1) is 10.2. The fraction of sp³-hybridized carbons (Fsp3) is 0.125. The van der Waals surface area contributed by atoms with E-state index in [1.165, 1.54) is 19.2 Å². The highest BCUT2D eigenvalue weighted by Gasteiger charge is 2.09. The van der Waals surface area contributed by atoms with E-state index in [1.54, 1.807) is 24.3 Å². The molecule has 5 heteroatoms. The summed E-state index contributed by atoms with van der Waals surface area (Å²) >= 11 is 0. The molecule has 0 aliphatic carbocycles. The third-order valence-electron chi connectivity index (χ3n) is 2.92. The molecule has 0 unspecified atom stereocenters. The number of methoxy groups -OCH3 is 1. The predicted octanol–water partition coefficient (Wildman–Crippen LogP) is 3.19. The number of para-hydroxylation sites is 1. The third kappa shape index (κ3) is 3.29. The van der Waals surface area contributed by atoms with Gasteiger partial charge in [-0.05, 0) is 35.9 Å². The van der Waals surface area contributed by atoms with E-state index in [1.807, 2.05) is 6.07 Å². The highest BCUT2D eigenvalue weighted by molar-refractivity contribution is 5.66. The highest BCUT2D eigenvalue weighted by atomic mass is 19.1. The van der Waals surface area contributed by atoms with Crippen LogP contribution in [0.5, 0.6) is 5.75 Å². The molecule has 0 saturated carbocycles. The Morgan fingerprint density at radius 2 is 2.00 bits per heavy atom. The molecule has 104 valence electrons. The Kier molecular flexibility index (Phi) is 4.38. The van der Waals surface area contributed by atoms with Crippen LogP contribution in [0.15, 0.2) is 36.4 Å². The minimum Gasteiger partial charge on any atom is -0.495 e. The minimum atomic E-state index is -0.466. The Bertz CT molecular complexity index is 744. The van der Waals surface area contributed by atoms with Gasteiger partial charge in [0.25, 0.3) is 0 Å². The second-order valence-electron chi connectivity index (χ2n) is 4.31. The highest BCUT2D eigenvalue weighted by Crippen LogP contribution is 2.28. The number of hydrogen-bond acceptors (Lipinski definition) is 4. The molecule has 0 radical (unpaired) electrons. The van der Waals surface area contributed by atoms with Gasteiger partial charge in [0.05, 0.1) is 30.0 Å². The van der Waals surface area contributed by atoms with Crippen molar-refractivity contribution in [3.8, 4) is 17.9 Å². The molecular formula is C16H12FN3O. The molecule has 0 aliphatic heterocycles. The van der Waals surface area contributed by atoms with Crippen LogP contribution in [0, 0.1) is 28.5 Å². The largest absolute Gasteiger partial charge is 0.495 e. The molecular weight excluding hydrogens is 269 g/mol. The van der Waals surface area contributed by atoms with E-state index in [-0.39, 0.29) is 12.1 Å². The van der Waals surface area contributed by atoms with Gasteiger partial charge in [0.1, 0.15) is 17.6 Å². The first-order valence-electron chi connectivity index (χ1n) is 6.18. The van der Waals surface area contributed by atoms with E-state index < -0.39 is 5.82 Å². The van der Waals surface area contributed by atoms with Crippen LogP contribution < -0.4 is 10.1 Å². The van der Waals surface area contributed by atoms with Crippen LogP contribution in [0.2, 0.25) is 0 Å². The summed E-state index contributed by atoms with van der Waals surface area (Å²) in [7, 11) is 1.51. The quantitative estimate of drug-likeness (QED) is 0.934. The second kappa shape index (κ2) is 6.40. The summed E-state index contributed by atoms with van der Waals surface area (Å²) in [5.41, 5.74) is 1.85. The van der Waals surface area contributed by atoms with E-state index in [0.29, 0.717) is 22.6 Å². The monoisotopic (exact) mass is 281 g/mol. The number of nitrogens with zero attached hydrogens (tertiary/aromatic N) is 2. The van der Waals surface area contributed by atoms with Gasteiger partial charge < -0.3 is 10.1 Å². The number of anilines is 1. The number of halogens is 1. The molecule has 0 heterocycles. The number of ether oxygens (including phenoxy) is 1. The number of hydrogen-bond donors (Lipinski definition) is 1. The van der Waals surface area contributed by atoms with E-state index >= 15 is 0 Å². The zero-order valence-electron chi connectivity index (χ0n) is 11.4. The lowest BCUT2D eigenvalue weighted by molar-refractivity contribution is 0.416. The van der Waals surface area contributed by atoms with Crippen molar-refractivity contribution in [2.45, 2.75) is 6.54 Å². The molecule has 2 rings (SSSR count). The molecule has 0 amide bonds. The summed E-state index contributed by atoms with van der Waals surface area (Å²) in [6.07, 6.45) is 0. The van der Waals surface area contributed by atoms with Crippen LogP contribution in [0.3, 0.4) is 0 Å². The van der Waals surface area contributed by atoms with E-state index in [0.717, 1.165) is 0 Å². The van der Waals surface area contributed by atoms with Crippen molar-refractivity contribution in [1.82, 2.24) is 0 Å². The van der Waals surface area contributed by atoms with Crippen molar-refractivity contribution in [3.05, 3.63) is 58.9 Å². The molecule has 0 fully saturated rings. The van der Waals surface area contributed by atoms with Crippen LogP contribution in [0.1, 0.15) is 16.7 Å². The maximum Gasteiger partial charge on any atom is 0.143 e. The maximum atomic E-state index is 13.4. The fourth-order valence-corrected chi connectivity index (χ4v) is 1.98. The first-order valence-corrected chi connectivity index (χ1v) is 6.18. The zero-order chi connectivity index (χ0) is 15.2. The normalized spacial score (nSPS) is 9.52. The smallest absolute Gasteiger partial charge is 0.143 e. The van der Waals surface area contributed by atoms with Crippen molar-refractivity contribution in [1.29, 1.82) is 10.5 Å². The van der Waals surface area contributed by atoms with Crippen molar-refractivity contribution in [2.75, 3.05) is 12.4 Å². The Labute approximate surface area is 122 Å². The number of nitriles is 2. The summed E-state index contributed by atoms with van der Waals surface area (Å²) in [5, 5.41) is 21.0.